The van der Waals surface area contributed by atoms with Crippen LogP contribution in [0.3, 0.4) is 0 Å². The molecule has 1 fully saturated rings. The number of likely N-dealkylation sites (tertiary alicyclic amines) is 1. The molecule has 1 saturated heterocycles. The van der Waals surface area contributed by atoms with E-state index in [1.807, 2.05) is 11.8 Å². The molecule has 0 aromatic carbocycles. The van der Waals surface area contributed by atoms with E-state index < -0.39 is 0 Å². The maximum atomic E-state index is 12.2. The number of rotatable bonds is 5. The Bertz CT molecular complexity index is 477. The summed E-state index contributed by atoms with van der Waals surface area (Å²) in [7, 11) is 0. The van der Waals surface area contributed by atoms with E-state index in [-0.39, 0.29) is 17.2 Å². The number of carbonyl (C=O) groups is 1. The van der Waals surface area contributed by atoms with Crippen LogP contribution in [0.2, 0.25) is 5.28 Å². The van der Waals surface area contributed by atoms with Crippen LogP contribution in [0.15, 0.2) is 0 Å². The zero-order chi connectivity index (χ0) is 14.5. The molecule has 1 unspecified atom stereocenters. The Morgan fingerprint density at radius 2 is 1.95 bits per heavy atom. The molecule has 110 valence electrons. The van der Waals surface area contributed by atoms with Crippen LogP contribution in [0.25, 0.3) is 0 Å². The van der Waals surface area contributed by atoms with Crippen LogP contribution in [0.5, 0.6) is 0 Å². The lowest BCUT2D eigenvalue weighted by molar-refractivity contribution is -0.130. The van der Waals surface area contributed by atoms with Gasteiger partial charge in [0.15, 0.2) is 0 Å². The summed E-state index contributed by atoms with van der Waals surface area (Å²) in [6.07, 6.45) is 2.14. The van der Waals surface area contributed by atoms with Crippen LogP contribution in [0, 0.1) is 0 Å². The van der Waals surface area contributed by atoms with Crippen LogP contribution in [-0.4, -0.2) is 51.4 Å². The lowest BCUT2D eigenvalue weighted by Gasteiger charge is -2.21. The van der Waals surface area contributed by atoms with Gasteiger partial charge in [0, 0.05) is 19.6 Å². The van der Waals surface area contributed by atoms with Crippen LogP contribution < -0.4 is 10.6 Å². The van der Waals surface area contributed by atoms with Crippen LogP contribution in [0.4, 0.5) is 11.9 Å². The van der Waals surface area contributed by atoms with E-state index in [9.17, 15) is 4.79 Å². The molecule has 2 heterocycles. The van der Waals surface area contributed by atoms with Crippen molar-refractivity contribution in [2.45, 2.75) is 32.7 Å². The molecule has 0 radical (unpaired) electrons. The minimum absolute atomic E-state index is 0.0593. The molecule has 0 aliphatic carbocycles. The summed E-state index contributed by atoms with van der Waals surface area (Å²) in [4.78, 5) is 26.2. The molecular weight excluding hydrogens is 280 g/mol. The summed E-state index contributed by atoms with van der Waals surface area (Å²) in [5.41, 5.74) is 0. The highest BCUT2D eigenvalue weighted by atomic mass is 35.5. The smallest absolute Gasteiger partial charge is 0.244 e. The molecule has 1 aliphatic heterocycles. The third-order valence-corrected chi connectivity index (χ3v) is 3.25. The van der Waals surface area contributed by atoms with Gasteiger partial charge in [0.05, 0.1) is 0 Å². The van der Waals surface area contributed by atoms with Gasteiger partial charge in [0.2, 0.25) is 23.1 Å². The molecule has 1 amide bonds. The third kappa shape index (κ3) is 3.69. The van der Waals surface area contributed by atoms with Crippen LogP contribution >= 0.6 is 11.6 Å². The number of amides is 1. The number of nitrogens with zero attached hydrogens (tertiary/aromatic N) is 4. The van der Waals surface area contributed by atoms with Crippen molar-refractivity contribution in [3.8, 4) is 0 Å². The molecule has 8 heteroatoms. The van der Waals surface area contributed by atoms with Crippen molar-refractivity contribution in [2.75, 3.05) is 30.3 Å². The molecule has 0 spiro atoms. The maximum absolute atomic E-state index is 12.2. The fourth-order valence-electron chi connectivity index (χ4n) is 2.12. The van der Waals surface area contributed by atoms with E-state index in [0.717, 1.165) is 25.9 Å². The normalized spacial score (nSPS) is 16.1. The average molecular weight is 299 g/mol. The van der Waals surface area contributed by atoms with Crippen LogP contribution in [-0.2, 0) is 4.79 Å². The minimum Gasteiger partial charge on any atom is -0.354 e. The summed E-state index contributed by atoms with van der Waals surface area (Å²) in [6.45, 7) is 6.06. The molecule has 1 atom stereocenters. The minimum atomic E-state index is -0.388. The van der Waals surface area contributed by atoms with E-state index in [0.29, 0.717) is 18.4 Å². The number of hydrogen-bond acceptors (Lipinski definition) is 6. The van der Waals surface area contributed by atoms with Crippen molar-refractivity contribution >= 4 is 29.4 Å². The second-order valence-electron chi connectivity index (χ2n) is 4.68. The van der Waals surface area contributed by atoms with E-state index in [1.54, 1.807) is 6.92 Å². The Morgan fingerprint density at radius 1 is 1.30 bits per heavy atom. The summed E-state index contributed by atoms with van der Waals surface area (Å²) in [6, 6.07) is -0.388. The lowest BCUT2D eigenvalue weighted by Crippen LogP contribution is -2.40. The number of halogens is 1. The zero-order valence-corrected chi connectivity index (χ0v) is 12.4. The van der Waals surface area contributed by atoms with Gasteiger partial charge >= 0.3 is 0 Å². The van der Waals surface area contributed by atoms with Gasteiger partial charge in [0.25, 0.3) is 0 Å². The summed E-state index contributed by atoms with van der Waals surface area (Å²) in [5.74, 6) is 0.765. The average Bonchev–Trinajstić information content (AvgIpc) is 2.91. The second kappa shape index (κ2) is 6.69. The molecule has 0 bridgehead atoms. The first-order chi connectivity index (χ1) is 9.60. The largest absolute Gasteiger partial charge is 0.354 e. The zero-order valence-electron chi connectivity index (χ0n) is 11.7. The number of hydrogen-bond donors (Lipinski definition) is 2. The van der Waals surface area contributed by atoms with E-state index in [1.165, 1.54) is 0 Å². The Labute approximate surface area is 123 Å². The molecule has 2 N–H and O–H groups in total. The van der Waals surface area contributed by atoms with Crippen molar-refractivity contribution in [3.63, 3.8) is 0 Å². The third-order valence-electron chi connectivity index (χ3n) is 3.08. The molecule has 20 heavy (non-hydrogen) atoms. The highest BCUT2D eigenvalue weighted by Crippen LogP contribution is 2.13. The lowest BCUT2D eigenvalue weighted by atomic mass is 10.3. The molecule has 0 saturated carbocycles. The van der Waals surface area contributed by atoms with Gasteiger partial charge in [-0.2, -0.15) is 15.0 Å². The monoisotopic (exact) mass is 298 g/mol. The Balaban J connectivity index is 2.02. The van der Waals surface area contributed by atoms with Gasteiger partial charge in [-0.25, -0.2) is 0 Å². The molecule has 1 aromatic rings. The van der Waals surface area contributed by atoms with E-state index in [2.05, 4.69) is 25.6 Å². The quantitative estimate of drug-likeness (QED) is 0.854. The number of aromatic nitrogens is 3. The second-order valence-corrected chi connectivity index (χ2v) is 5.02. The predicted molar refractivity (Wildman–Crippen MR) is 77.9 cm³/mol. The van der Waals surface area contributed by atoms with Crippen LogP contribution in [0.1, 0.15) is 26.7 Å². The van der Waals surface area contributed by atoms with Gasteiger partial charge < -0.3 is 15.5 Å². The van der Waals surface area contributed by atoms with Crippen molar-refractivity contribution in [3.05, 3.63) is 5.28 Å². The standard InChI is InChI=1S/C12H19ClN6O/c1-3-14-11-16-10(13)17-12(18-11)15-8(2)9(20)19-6-4-5-7-19/h8H,3-7H2,1-2H3,(H2,14,15,16,17,18). The summed E-state index contributed by atoms with van der Waals surface area (Å²) in [5, 5.41) is 6.04. The van der Waals surface area contributed by atoms with Crippen molar-refractivity contribution in [2.24, 2.45) is 0 Å². The summed E-state index contributed by atoms with van der Waals surface area (Å²) < 4.78 is 0. The molecular formula is C12H19ClN6O. The molecule has 2 rings (SSSR count). The van der Waals surface area contributed by atoms with Gasteiger partial charge in [-0.15, -0.1) is 0 Å². The predicted octanol–water partition coefficient (Wildman–Crippen LogP) is 1.38. The fraction of sp³-hybridized carbons (Fsp3) is 0.667. The number of anilines is 2. The molecule has 7 nitrogen and oxygen atoms in total. The highest BCUT2D eigenvalue weighted by molar-refractivity contribution is 6.28. The highest BCUT2D eigenvalue weighted by Gasteiger charge is 2.23. The Hall–Kier alpha value is -1.63. The van der Waals surface area contributed by atoms with E-state index in [4.69, 9.17) is 11.6 Å². The first-order valence-corrected chi connectivity index (χ1v) is 7.18. The first kappa shape index (κ1) is 14.8. The molecule has 1 aromatic heterocycles. The maximum Gasteiger partial charge on any atom is 0.244 e. The van der Waals surface area contributed by atoms with Gasteiger partial charge in [-0.1, -0.05) is 0 Å². The topological polar surface area (TPSA) is 83.0 Å². The SMILES string of the molecule is CCNc1nc(Cl)nc(NC(C)C(=O)N2CCCC2)n1. The van der Waals surface area contributed by atoms with Crippen molar-refractivity contribution in [1.82, 2.24) is 19.9 Å². The number of nitrogens with one attached hydrogen (secondary N) is 2. The van der Waals surface area contributed by atoms with Crippen molar-refractivity contribution < 1.29 is 4.79 Å². The fourth-order valence-corrected chi connectivity index (χ4v) is 2.28. The first-order valence-electron chi connectivity index (χ1n) is 6.81. The number of carbonyl (C=O) groups excluding carboxylic acids is 1. The molecule has 1 aliphatic rings. The van der Waals surface area contributed by atoms with Gasteiger partial charge in [-0.05, 0) is 38.3 Å². The summed E-state index contributed by atoms with van der Waals surface area (Å²) >= 11 is 5.84. The van der Waals surface area contributed by atoms with E-state index >= 15 is 0 Å². The van der Waals surface area contributed by atoms with Gasteiger partial charge in [-0.3, -0.25) is 4.79 Å². The van der Waals surface area contributed by atoms with Gasteiger partial charge in [0.1, 0.15) is 6.04 Å². The Kier molecular flexibility index (Phi) is 4.94. The van der Waals surface area contributed by atoms with Crippen molar-refractivity contribution in [1.29, 1.82) is 0 Å². The Morgan fingerprint density at radius 3 is 2.60 bits per heavy atom.